The van der Waals surface area contributed by atoms with E-state index in [9.17, 15) is 25.0 Å². The van der Waals surface area contributed by atoms with Gasteiger partial charge in [-0.3, -0.25) is 25.0 Å². The molecule has 3 aromatic carbocycles. The molecule has 0 saturated heterocycles. The molecule has 0 atom stereocenters. The van der Waals surface area contributed by atoms with Gasteiger partial charge in [0.25, 0.3) is 17.3 Å². The van der Waals surface area contributed by atoms with Crippen LogP contribution in [0.3, 0.4) is 0 Å². The third kappa shape index (κ3) is 5.76. The molecule has 0 heterocycles. The van der Waals surface area contributed by atoms with E-state index in [0.717, 1.165) is 23.9 Å². The molecule has 0 aliphatic heterocycles. The van der Waals surface area contributed by atoms with Crippen LogP contribution in [0.15, 0.2) is 72.8 Å². The standard InChI is InChI=1S/C21H17N3O7/c25-21(19-10-9-16(23(26)27)14-20(19)24(28)29)22-15-5-4-8-18(13-15)31-12-11-30-17-6-2-1-3-7-17/h1-10,13-14H,11-12H2,(H,22,25). The maximum atomic E-state index is 12.5. The van der Waals surface area contributed by atoms with Gasteiger partial charge in [0.05, 0.1) is 15.9 Å². The molecule has 0 saturated carbocycles. The van der Waals surface area contributed by atoms with Gasteiger partial charge in [-0.15, -0.1) is 0 Å². The van der Waals surface area contributed by atoms with E-state index >= 15 is 0 Å². The molecule has 1 N–H and O–H groups in total. The van der Waals surface area contributed by atoms with Gasteiger partial charge in [-0.2, -0.15) is 0 Å². The van der Waals surface area contributed by atoms with Crippen molar-refractivity contribution >= 4 is 23.0 Å². The predicted molar refractivity (Wildman–Crippen MR) is 112 cm³/mol. The van der Waals surface area contributed by atoms with Crippen molar-refractivity contribution in [1.29, 1.82) is 0 Å². The number of benzene rings is 3. The number of anilines is 1. The first-order chi connectivity index (χ1) is 14.9. The van der Waals surface area contributed by atoms with Crippen LogP contribution in [0.1, 0.15) is 10.4 Å². The van der Waals surface area contributed by atoms with E-state index in [-0.39, 0.29) is 12.2 Å². The second-order valence-corrected chi connectivity index (χ2v) is 6.21. The van der Waals surface area contributed by atoms with Crippen LogP contribution >= 0.6 is 0 Å². The van der Waals surface area contributed by atoms with Crippen molar-refractivity contribution in [2.45, 2.75) is 0 Å². The largest absolute Gasteiger partial charge is 0.490 e. The Morgan fingerprint density at radius 3 is 2.16 bits per heavy atom. The lowest BCUT2D eigenvalue weighted by Crippen LogP contribution is -2.14. The summed E-state index contributed by atoms with van der Waals surface area (Å²) in [4.78, 5) is 33.0. The van der Waals surface area contributed by atoms with E-state index in [4.69, 9.17) is 9.47 Å². The molecular weight excluding hydrogens is 406 g/mol. The van der Waals surface area contributed by atoms with Crippen molar-refractivity contribution < 1.29 is 24.1 Å². The highest BCUT2D eigenvalue weighted by Crippen LogP contribution is 2.26. The molecule has 0 unspecified atom stereocenters. The number of amides is 1. The summed E-state index contributed by atoms with van der Waals surface area (Å²) < 4.78 is 11.1. The Hall–Kier alpha value is -4.47. The number of carbonyl (C=O) groups is 1. The number of non-ortho nitro benzene ring substituents is 1. The van der Waals surface area contributed by atoms with Crippen LogP contribution in [0, 0.1) is 20.2 Å². The van der Waals surface area contributed by atoms with Crippen molar-refractivity contribution in [3.05, 3.63) is 98.6 Å². The average Bonchev–Trinajstić information content (AvgIpc) is 2.77. The lowest BCUT2D eigenvalue weighted by molar-refractivity contribution is -0.394. The molecule has 10 heteroatoms. The van der Waals surface area contributed by atoms with E-state index in [1.165, 1.54) is 0 Å². The Bertz CT molecular complexity index is 1100. The maximum absolute atomic E-state index is 12.5. The molecule has 31 heavy (non-hydrogen) atoms. The molecule has 0 bridgehead atoms. The van der Waals surface area contributed by atoms with Crippen molar-refractivity contribution in [3.8, 4) is 11.5 Å². The van der Waals surface area contributed by atoms with Crippen LogP contribution in [-0.2, 0) is 0 Å². The van der Waals surface area contributed by atoms with Crippen molar-refractivity contribution in [1.82, 2.24) is 0 Å². The quantitative estimate of drug-likeness (QED) is 0.309. The van der Waals surface area contributed by atoms with Gasteiger partial charge < -0.3 is 14.8 Å². The van der Waals surface area contributed by atoms with Crippen LogP contribution in [0.2, 0.25) is 0 Å². The lowest BCUT2D eigenvalue weighted by atomic mass is 10.1. The van der Waals surface area contributed by atoms with Crippen LogP contribution in [0.5, 0.6) is 11.5 Å². The van der Waals surface area contributed by atoms with Crippen molar-refractivity contribution in [2.75, 3.05) is 18.5 Å². The van der Waals surface area contributed by atoms with E-state index < -0.39 is 27.1 Å². The van der Waals surface area contributed by atoms with Crippen LogP contribution in [0.25, 0.3) is 0 Å². The first kappa shape index (κ1) is 21.2. The molecule has 3 rings (SSSR count). The van der Waals surface area contributed by atoms with Crippen molar-refractivity contribution in [2.24, 2.45) is 0 Å². The predicted octanol–water partition coefficient (Wildman–Crippen LogP) is 4.21. The lowest BCUT2D eigenvalue weighted by Gasteiger charge is -2.10. The normalized spacial score (nSPS) is 10.2. The van der Waals surface area contributed by atoms with Gasteiger partial charge in [0.2, 0.25) is 0 Å². The van der Waals surface area contributed by atoms with Gasteiger partial charge in [-0.05, 0) is 30.3 Å². The van der Waals surface area contributed by atoms with Crippen LogP contribution in [-0.4, -0.2) is 29.0 Å². The zero-order valence-corrected chi connectivity index (χ0v) is 16.1. The van der Waals surface area contributed by atoms with E-state index in [2.05, 4.69) is 5.32 Å². The van der Waals surface area contributed by atoms with Gasteiger partial charge >= 0.3 is 0 Å². The van der Waals surface area contributed by atoms with E-state index in [1.807, 2.05) is 30.3 Å². The summed E-state index contributed by atoms with van der Waals surface area (Å²) in [6, 6.07) is 18.6. The Balaban J connectivity index is 1.63. The summed E-state index contributed by atoms with van der Waals surface area (Å²) in [5.74, 6) is 0.413. The third-order valence-corrected chi connectivity index (χ3v) is 4.09. The monoisotopic (exact) mass is 423 g/mol. The minimum atomic E-state index is -0.839. The number of nitro benzene ring substituents is 2. The summed E-state index contributed by atoms with van der Waals surface area (Å²) in [5.41, 5.74) is -1.08. The number of rotatable bonds is 9. The number of nitro groups is 2. The summed E-state index contributed by atoms with van der Waals surface area (Å²) in [6.07, 6.45) is 0. The van der Waals surface area contributed by atoms with Gasteiger partial charge in [-0.25, -0.2) is 0 Å². The topological polar surface area (TPSA) is 134 Å². The SMILES string of the molecule is O=C(Nc1cccc(OCCOc2ccccc2)c1)c1ccc([N+](=O)[O-])cc1[N+](=O)[O-]. The highest BCUT2D eigenvalue weighted by atomic mass is 16.6. The van der Waals surface area contributed by atoms with Crippen molar-refractivity contribution in [3.63, 3.8) is 0 Å². The Kier molecular flexibility index (Phi) is 6.74. The van der Waals surface area contributed by atoms with Crippen LogP contribution < -0.4 is 14.8 Å². The Labute approximate surface area is 176 Å². The second-order valence-electron chi connectivity index (χ2n) is 6.21. The number of hydrogen-bond acceptors (Lipinski definition) is 7. The number of carbonyl (C=O) groups excluding carboxylic acids is 1. The summed E-state index contributed by atoms with van der Waals surface area (Å²) in [7, 11) is 0. The van der Waals surface area contributed by atoms with Gasteiger partial charge in [0, 0.05) is 17.8 Å². The molecule has 0 aliphatic rings. The maximum Gasteiger partial charge on any atom is 0.289 e. The summed E-state index contributed by atoms with van der Waals surface area (Å²) in [5, 5.41) is 24.6. The molecule has 0 fully saturated rings. The fourth-order valence-corrected chi connectivity index (χ4v) is 2.67. The smallest absolute Gasteiger partial charge is 0.289 e. The minimum absolute atomic E-state index is 0.264. The minimum Gasteiger partial charge on any atom is -0.490 e. The van der Waals surface area contributed by atoms with Gasteiger partial charge in [-0.1, -0.05) is 24.3 Å². The zero-order chi connectivity index (χ0) is 22.2. The molecule has 0 radical (unpaired) electrons. The highest BCUT2D eigenvalue weighted by Gasteiger charge is 2.24. The molecule has 1 amide bonds. The molecular formula is C21H17N3O7. The Morgan fingerprint density at radius 1 is 0.806 bits per heavy atom. The van der Waals surface area contributed by atoms with Gasteiger partial charge in [0.15, 0.2) is 0 Å². The first-order valence-corrected chi connectivity index (χ1v) is 9.09. The fraction of sp³-hybridized carbons (Fsp3) is 0.0952. The fourth-order valence-electron chi connectivity index (χ4n) is 2.67. The molecule has 3 aromatic rings. The summed E-state index contributed by atoms with van der Waals surface area (Å²) >= 11 is 0. The highest BCUT2D eigenvalue weighted by molar-refractivity contribution is 6.07. The summed E-state index contributed by atoms with van der Waals surface area (Å²) in [6.45, 7) is 0.579. The molecule has 0 spiro atoms. The molecule has 158 valence electrons. The van der Waals surface area contributed by atoms with E-state index in [0.29, 0.717) is 18.0 Å². The van der Waals surface area contributed by atoms with Crippen LogP contribution in [0.4, 0.5) is 17.1 Å². The molecule has 0 aromatic heterocycles. The first-order valence-electron chi connectivity index (χ1n) is 9.09. The van der Waals surface area contributed by atoms with E-state index in [1.54, 1.807) is 24.3 Å². The molecule has 10 nitrogen and oxygen atoms in total. The zero-order valence-electron chi connectivity index (χ0n) is 16.1. The Morgan fingerprint density at radius 2 is 1.48 bits per heavy atom. The number of hydrogen-bond donors (Lipinski definition) is 1. The number of nitrogens with one attached hydrogen (secondary N) is 1. The second kappa shape index (κ2) is 9.83. The molecule has 0 aliphatic carbocycles. The number of nitrogens with zero attached hydrogens (tertiary/aromatic N) is 2. The average molecular weight is 423 g/mol. The van der Waals surface area contributed by atoms with Gasteiger partial charge in [0.1, 0.15) is 30.3 Å². The number of ether oxygens (including phenoxy) is 2. The number of para-hydroxylation sites is 1. The third-order valence-electron chi connectivity index (χ3n) is 4.09.